The fourth-order valence-electron chi connectivity index (χ4n) is 2.41. The fraction of sp³-hybridized carbons (Fsp3) is 0.263. The van der Waals surface area contributed by atoms with Crippen molar-refractivity contribution in [2.24, 2.45) is 0 Å². The molecule has 0 N–H and O–H groups in total. The molecule has 0 nitrogen and oxygen atoms in total. The molecule has 0 atom stereocenters. The quantitative estimate of drug-likeness (QED) is 0.573. The van der Waals surface area contributed by atoms with Crippen LogP contribution in [0, 0.1) is 0 Å². The maximum atomic E-state index is 2.29. The highest BCUT2D eigenvalue weighted by Crippen LogP contribution is 2.29. The fourth-order valence-corrected chi connectivity index (χ4v) is 2.41. The summed E-state index contributed by atoms with van der Waals surface area (Å²) in [4.78, 5) is 0. The van der Waals surface area contributed by atoms with Crippen molar-refractivity contribution in [3.63, 3.8) is 0 Å². The molecule has 0 saturated heterocycles. The van der Waals surface area contributed by atoms with E-state index in [4.69, 9.17) is 0 Å². The lowest BCUT2D eigenvalue weighted by Gasteiger charge is -2.06. The third-order valence-electron chi connectivity index (χ3n) is 3.25. The Kier molecular flexibility index (Phi) is 4.57. The summed E-state index contributed by atoms with van der Waals surface area (Å²) < 4.78 is 0. The Hall–Kier alpha value is -1.82. The molecule has 0 heterocycles. The zero-order valence-corrected chi connectivity index (χ0v) is 12.1. The third-order valence-corrected chi connectivity index (χ3v) is 3.25. The van der Waals surface area contributed by atoms with Gasteiger partial charge in [-0.2, -0.15) is 0 Å². The zero-order valence-electron chi connectivity index (χ0n) is 12.1. The Balaban J connectivity index is 0.000000408. The van der Waals surface area contributed by atoms with E-state index in [0.717, 1.165) is 6.42 Å². The highest BCUT2D eigenvalue weighted by molar-refractivity contribution is 5.84. The molecule has 2 aromatic rings. The van der Waals surface area contributed by atoms with E-state index < -0.39 is 0 Å². The van der Waals surface area contributed by atoms with Crippen LogP contribution in [0.2, 0.25) is 0 Å². The third kappa shape index (κ3) is 3.14. The van der Waals surface area contributed by atoms with Crippen LogP contribution in [0.5, 0.6) is 0 Å². The molecule has 0 unspecified atom stereocenters. The molecule has 0 bridgehead atoms. The molecule has 3 rings (SSSR count). The lowest BCUT2D eigenvalue weighted by molar-refractivity contribution is 1.09. The molecule has 0 amide bonds. The number of benzene rings is 2. The largest absolute Gasteiger partial charge is 0.0656 e. The van der Waals surface area contributed by atoms with E-state index in [1.807, 2.05) is 0 Å². The van der Waals surface area contributed by atoms with Crippen molar-refractivity contribution >= 4 is 11.6 Å². The van der Waals surface area contributed by atoms with Gasteiger partial charge in [-0.05, 0) is 41.2 Å². The molecule has 0 saturated carbocycles. The Morgan fingerprint density at radius 2 is 1.42 bits per heavy atom. The minimum atomic E-state index is 1.04. The molecular weight excluding hydrogens is 228 g/mol. The summed E-state index contributed by atoms with van der Waals surface area (Å²) in [6.45, 7) is 6.45. The van der Waals surface area contributed by atoms with Crippen LogP contribution in [0.1, 0.15) is 49.4 Å². The van der Waals surface area contributed by atoms with Crippen molar-refractivity contribution in [1.29, 1.82) is 0 Å². The molecule has 0 heteroatoms. The van der Waals surface area contributed by atoms with Crippen molar-refractivity contribution in [2.75, 3.05) is 0 Å². The van der Waals surface area contributed by atoms with Gasteiger partial charge < -0.3 is 0 Å². The topological polar surface area (TPSA) is 0 Å². The van der Waals surface area contributed by atoms with E-state index in [1.54, 1.807) is 0 Å². The Morgan fingerprint density at radius 1 is 0.842 bits per heavy atom. The standard InChI is InChI=1S/C16H14.C3H8/c1-12-10-13-6-2-3-7-14(13)11-15-8-4-5-9-16(12)15;1-3-2/h2-10H,11H2,1H3;3H2,1-2H3. The summed E-state index contributed by atoms with van der Waals surface area (Å²) in [6, 6.07) is 17.3. The normalized spacial score (nSPS) is 12.3. The van der Waals surface area contributed by atoms with Crippen LogP contribution in [-0.4, -0.2) is 0 Å². The highest BCUT2D eigenvalue weighted by atomic mass is 14.2. The second-order valence-electron chi connectivity index (χ2n) is 5.07. The smallest absolute Gasteiger partial charge is 0.00138 e. The van der Waals surface area contributed by atoms with E-state index in [2.05, 4.69) is 75.4 Å². The molecule has 0 aromatic heterocycles. The first-order valence-electron chi connectivity index (χ1n) is 7.10. The summed E-state index contributed by atoms with van der Waals surface area (Å²) in [7, 11) is 0. The van der Waals surface area contributed by atoms with Crippen molar-refractivity contribution in [3.8, 4) is 0 Å². The summed E-state index contributed by atoms with van der Waals surface area (Å²) >= 11 is 0. The van der Waals surface area contributed by atoms with Gasteiger partial charge in [0.2, 0.25) is 0 Å². The Morgan fingerprint density at radius 3 is 2.16 bits per heavy atom. The molecule has 1 aliphatic carbocycles. The number of hydrogen-bond donors (Lipinski definition) is 0. The van der Waals surface area contributed by atoms with Gasteiger partial charge in [0, 0.05) is 0 Å². The van der Waals surface area contributed by atoms with Crippen LogP contribution < -0.4 is 0 Å². The second-order valence-corrected chi connectivity index (χ2v) is 5.07. The van der Waals surface area contributed by atoms with Gasteiger partial charge in [0.25, 0.3) is 0 Å². The highest BCUT2D eigenvalue weighted by Gasteiger charge is 2.11. The van der Waals surface area contributed by atoms with Crippen molar-refractivity contribution in [2.45, 2.75) is 33.6 Å². The molecular formula is C19H22. The molecule has 98 valence electrons. The average molecular weight is 250 g/mol. The summed E-state index contributed by atoms with van der Waals surface area (Å²) in [5.74, 6) is 0. The van der Waals surface area contributed by atoms with Gasteiger partial charge in [-0.25, -0.2) is 0 Å². The SMILES string of the molecule is CC1=Cc2ccccc2Cc2ccccc21.CCC. The van der Waals surface area contributed by atoms with Gasteiger partial charge in [-0.15, -0.1) is 0 Å². The van der Waals surface area contributed by atoms with Gasteiger partial charge >= 0.3 is 0 Å². The predicted octanol–water partition coefficient (Wildman–Crippen LogP) is 5.57. The maximum Gasteiger partial charge on any atom is -0.00138 e. The molecule has 0 spiro atoms. The first kappa shape index (κ1) is 13.6. The van der Waals surface area contributed by atoms with E-state index in [9.17, 15) is 0 Å². The molecule has 0 fully saturated rings. The van der Waals surface area contributed by atoms with Crippen molar-refractivity contribution in [1.82, 2.24) is 0 Å². The minimum Gasteiger partial charge on any atom is -0.0656 e. The van der Waals surface area contributed by atoms with E-state index in [0.29, 0.717) is 0 Å². The number of rotatable bonds is 0. The monoisotopic (exact) mass is 250 g/mol. The van der Waals surface area contributed by atoms with Crippen LogP contribution in [0.15, 0.2) is 48.5 Å². The van der Waals surface area contributed by atoms with Crippen LogP contribution in [0.4, 0.5) is 0 Å². The molecule has 0 radical (unpaired) electrons. The lowest BCUT2D eigenvalue weighted by atomic mass is 9.98. The van der Waals surface area contributed by atoms with Crippen LogP contribution in [0.3, 0.4) is 0 Å². The van der Waals surface area contributed by atoms with Gasteiger partial charge in [-0.1, -0.05) is 74.9 Å². The van der Waals surface area contributed by atoms with E-state index in [1.165, 1.54) is 34.2 Å². The summed E-state index contributed by atoms with van der Waals surface area (Å²) in [5, 5.41) is 0. The first-order valence-corrected chi connectivity index (χ1v) is 7.10. The molecule has 1 aliphatic rings. The molecule has 19 heavy (non-hydrogen) atoms. The Bertz CT molecular complexity index is 576. The zero-order chi connectivity index (χ0) is 13.7. The Labute approximate surface area is 116 Å². The molecule has 2 aromatic carbocycles. The summed E-state index contributed by atoms with van der Waals surface area (Å²) in [5.41, 5.74) is 6.96. The van der Waals surface area contributed by atoms with Crippen LogP contribution in [0.25, 0.3) is 11.6 Å². The van der Waals surface area contributed by atoms with Crippen molar-refractivity contribution in [3.05, 3.63) is 70.8 Å². The van der Waals surface area contributed by atoms with E-state index >= 15 is 0 Å². The number of fused-ring (bicyclic) bond motifs is 2. The van der Waals surface area contributed by atoms with Gasteiger partial charge in [-0.3, -0.25) is 0 Å². The minimum absolute atomic E-state index is 1.04. The van der Waals surface area contributed by atoms with Crippen molar-refractivity contribution < 1.29 is 0 Å². The lowest BCUT2D eigenvalue weighted by Crippen LogP contribution is -1.91. The average Bonchev–Trinajstić information content (AvgIpc) is 2.56. The van der Waals surface area contributed by atoms with Gasteiger partial charge in [0.15, 0.2) is 0 Å². The van der Waals surface area contributed by atoms with Gasteiger partial charge in [0.05, 0.1) is 0 Å². The van der Waals surface area contributed by atoms with E-state index in [-0.39, 0.29) is 0 Å². The second kappa shape index (κ2) is 6.38. The number of allylic oxidation sites excluding steroid dienone is 1. The molecule has 0 aliphatic heterocycles. The first-order chi connectivity index (χ1) is 9.26. The number of hydrogen-bond acceptors (Lipinski definition) is 0. The predicted molar refractivity (Wildman–Crippen MR) is 85.2 cm³/mol. The summed E-state index contributed by atoms with van der Waals surface area (Å²) in [6.07, 6.45) is 4.58. The maximum absolute atomic E-state index is 2.29. The van der Waals surface area contributed by atoms with Gasteiger partial charge in [0.1, 0.15) is 0 Å². The van der Waals surface area contributed by atoms with Crippen LogP contribution >= 0.6 is 0 Å². The van der Waals surface area contributed by atoms with Crippen LogP contribution in [-0.2, 0) is 6.42 Å².